The Morgan fingerprint density at radius 3 is 1.29 bits per heavy atom. The number of rotatable bonds is 6. The van der Waals surface area contributed by atoms with Crippen molar-refractivity contribution in [3.8, 4) is 0 Å². The van der Waals surface area contributed by atoms with Gasteiger partial charge in [0, 0.05) is 0 Å². The van der Waals surface area contributed by atoms with Gasteiger partial charge in [0.25, 0.3) is 0 Å². The monoisotopic (exact) mass is 378 g/mol. The Morgan fingerprint density at radius 1 is 0.619 bits per heavy atom. The van der Waals surface area contributed by atoms with E-state index in [4.69, 9.17) is 0 Å². The predicted octanol–water partition coefficient (Wildman–Crippen LogP) is 4.66. The van der Waals surface area contributed by atoms with Crippen LogP contribution in [0.2, 0.25) is 26.2 Å². The molecule has 0 aliphatic heterocycles. The molecular weight excluding hydrogens is 351 g/mol. The van der Waals surface area contributed by atoms with Gasteiger partial charge < -0.3 is 0 Å². The first-order valence-corrected chi connectivity index (χ1v) is 19.0. The zero-order valence-electron chi connectivity index (χ0n) is 13.6. The number of hydrogen-bond acceptors (Lipinski definition) is 0. The second-order valence-corrected chi connectivity index (χ2v) is 33.3. The first-order valence-electron chi connectivity index (χ1n) is 7.64. The minimum absolute atomic E-state index is 0.853. The van der Waals surface area contributed by atoms with Crippen molar-refractivity contribution >= 4 is 27.0 Å². The fraction of sp³-hybridized carbons (Fsp3) is 0.333. The molecule has 0 aliphatic rings. The minimum atomic E-state index is -1.11. The maximum absolute atomic E-state index is 2.60. The quantitative estimate of drug-likeness (QED) is 0.642. The number of benzene rings is 2. The molecule has 0 amide bonds. The van der Waals surface area contributed by atoms with Crippen LogP contribution in [0.1, 0.15) is 11.1 Å². The van der Waals surface area contributed by atoms with E-state index in [9.17, 15) is 0 Å². The van der Waals surface area contributed by atoms with Crippen LogP contribution in [0.4, 0.5) is 0 Å². The van der Waals surface area contributed by atoms with Crippen molar-refractivity contribution in [1.82, 2.24) is 0 Å². The molecule has 0 N–H and O–H groups in total. The molecule has 0 heterocycles. The van der Waals surface area contributed by atoms with Gasteiger partial charge >= 0.3 is 137 Å². The van der Waals surface area contributed by atoms with E-state index in [0.29, 0.717) is 0 Å². The molecule has 112 valence electrons. The first-order chi connectivity index (χ1) is 9.86. The summed E-state index contributed by atoms with van der Waals surface area (Å²) >= 11 is 0.853. The van der Waals surface area contributed by atoms with Gasteiger partial charge in [-0.2, -0.15) is 0 Å². The number of hydrogen-bond donors (Lipinski definition) is 0. The van der Waals surface area contributed by atoms with Crippen molar-refractivity contribution in [3.63, 3.8) is 0 Å². The van der Waals surface area contributed by atoms with E-state index in [2.05, 4.69) is 86.9 Å². The van der Waals surface area contributed by atoms with Gasteiger partial charge in [-0.1, -0.05) is 0 Å². The average Bonchev–Trinajstić information content (AvgIpc) is 2.38. The van der Waals surface area contributed by atoms with Crippen molar-refractivity contribution in [1.29, 1.82) is 0 Å². The molecule has 0 saturated heterocycles. The van der Waals surface area contributed by atoms with Crippen LogP contribution in [0.3, 0.4) is 0 Å². The Kier molecular flexibility index (Phi) is 5.67. The van der Waals surface area contributed by atoms with Gasteiger partial charge in [-0.15, -0.1) is 0 Å². The molecule has 0 atom stereocenters. The van der Waals surface area contributed by atoms with E-state index in [1.54, 1.807) is 11.1 Å². The molecule has 2 rings (SSSR count). The summed E-state index contributed by atoms with van der Waals surface area (Å²) in [6, 6.07) is 24.9. The van der Waals surface area contributed by atoms with Gasteiger partial charge in [-0.25, -0.2) is 0 Å². The molecule has 0 nitrogen and oxygen atoms in total. The summed E-state index contributed by atoms with van der Waals surface area (Å²) in [7, 11) is 0. The summed E-state index contributed by atoms with van der Waals surface area (Å²) in [6.07, 6.45) is 0. The van der Waals surface area contributed by atoms with Crippen molar-refractivity contribution < 1.29 is 0 Å². The van der Waals surface area contributed by atoms with Crippen LogP contribution in [0, 0.1) is 0 Å². The maximum atomic E-state index is 2.60. The third-order valence-electron chi connectivity index (χ3n) is 3.50. The molecule has 3 heteroatoms. The van der Waals surface area contributed by atoms with Crippen LogP contribution in [0.5, 0.6) is 0 Å². The summed E-state index contributed by atoms with van der Waals surface area (Å²) < 4.78 is 0. The summed E-state index contributed by atoms with van der Waals surface area (Å²) in [6.45, 7) is 8.17. The van der Waals surface area contributed by atoms with Gasteiger partial charge in [0.05, 0.1) is 0 Å². The Morgan fingerprint density at radius 2 is 0.952 bits per heavy atom. The fourth-order valence-corrected chi connectivity index (χ4v) is 45.1. The van der Waals surface area contributed by atoms with Gasteiger partial charge in [0.1, 0.15) is 0 Å². The van der Waals surface area contributed by atoms with Crippen LogP contribution in [0.15, 0.2) is 60.7 Å². The SMILES string of the molecule is C[Si](C)(Cc1ccccc1)[Se][Si](C)(C)Cc1ccccc1. The zero-order valence-corrected chi connectivity index (χ0v) is 17.3. The van der Waals surface area contributed by atoms with Crippen LogP contribution < -0.4 is 0 Å². The molecule has 0 spiro atoms. The molecule has 21 heavy (non-hydrogen) atoms. The first kappa shape index (κ1) is 16.8. The molecular formula is C18H26SeSi2. The third kappa shape index (κ3) is 5.95. The van der Waals surface area contributed by atoms with Gasteiger partial charge in [-0.05, 0) is 0 Å². The van der Waals surface area contributed by atoms with Gasteiger partial charge in [0.15, 0.2) is 0 Å². The molecule has 0 aromatic heterocycles. The van der Waals surface area contributed by atoms with Gasteiger partial charge in [-0.3, -0.25) is 0 Å². The molecule has 0 saturated carbocycles. The summed E-state index contributed by atoms with van der Waals surface area (Å²) in [5.74, 6) is 0. The second kappa shape index (κ2) is 7.10. The summed E-state index contributed by atoms with van der Waals surface area (Å²) in [5, 5.41) is 0. The van der Waals surface area contributed by atoms with Crippen molar-refractivity contribution in [2.24, 2.45) is 0 Å². The van der Waals surface area contributed by atoms with E-state index >= 15 is 0 Å². The summed E-state index contributed by atoms with van der Waals surface area (Å²) in [5.41, 5.74) is 3.08. The third-order valence-corrected chi connectivity index (χ3v) is 33.1. The Balaban J connectivity index is 2.01. The van der Waals surface area contributed by atoms with Crippen molar-refractivity contribution in [2.45, 2.75) is 38.3 Å². The Bertz CT molecular complexity index is 498. The van der Waals surface area contributed by atoms with Crippen molar-refractivity contribution in [2.75, 3.05) is 0 Å². The molecule has 0 unspecified atom stereocenters. The van der Waals surface area contributed by atoms with Crippen LogP contribution in [-0.2, 0) is 12.1 Å². The second-order valence-electron chi connectivity index (χ2n) is 6.95. The average molecular weight is 378 g/mol. The molecule has 2 aromatic rings. The molecule has 0 bridgehead atoms. The molecule has 0 radical (unpaired) electrons. The van der Waals surface area contributed by atoms with E-state index in [0.717, 1.165) is 13.7 Å². The van der Waals surface area contributed by atoms with E-state index in [-0.39, 0.29) is 0 Å². The normalized spacial score (nSPS) is 12.4. The van der Waals surface area contributed by atoms with Crippen LogP contribution in [-0.4, -0.2) is 27.0 Å². The molecule has 0 aliphatic carbocycles. The van der Waals surface area contributed by atoms with Gasteiger partial charge in [0.2, 0.25) is 0 Å². The van der Waals surface area contributed by atoms with E-state index < -0.39 is 13.4 Å². The van der Waals surface area contributed by atoms with E-state index in [1.807, 2.05) is 0 Å². The van der Waals surface area contributed by atoms with Crippen LogP contribution >= 0.6 is 0 Å². The standard InChI is InChI=1S/C18H26SeSi2/c1-20(2,15-17-11-7-5-8-12-17)19-21(3,4)16-18-13-9-6-10-14-18/h5-14H,15-16H2,1-4H3. The Labute approximate surface area is 137 Å². The summed E-state index contributed by atoms with van der Waals surface area (Å²) in [4.78, 5) is 0. The zero-order chi connectivity index (χ0) is 15.3. The van der Waals surface area contributed by atoms with E-state index in [1.165, 1.54) is 12.1 Å². The predicted molar refractivity (Wildman–Crippen MR) is 101 cm³/mol. The molecule has 0 fully saturated rings. The van der Waals surface area contributed by atoms with Crippen LogP contribution in [0.25, 0.3) is 0 Å². The Hall–Kier alpha value is -0.607. The molecule has 2 aromatic carbocycles. The fourth-order valence-electron chi connectivity index (χ4n) is 3.00. The topological polar surface area (TPSA) is 0 Å². The van der Waals surface area contributed by atoms with Crippen molar-refractivity contribution in [3.05, 3.63) is 71.8 Å².